The summed E-state index contributed by atoms with van der Waals surface area (Å²) >= 11 is 6.07. The fraction of sp³-hybridized carbons (Fsp3) is 0.429. The molecule has 0 saturated carbocycles. The van der Waals surface area contributed by atoms with Crippen LogP contribution in [0.1, 0.15) is 36.2 Å². The summed E-state index contributed by atoms with van der Waals surface area (Å²) in [5.74, 6) is -0.658. The molecular formula is C14H17ClO4. The van der Waals surface area contributed by atoms with Gasteiger partial charge >= 0.3 is 11.9 Å². The van der Waals surface area contributed by atoms with Gasteiger partial charge < -0.3 is 9.47 Å². The first-order valence-corrected chi connectivity index (χ1v) is 6.57. The predicted octanol–water partition coefficient (Wildman–Crippen LogP) is 3.01. The molecule has 1 aromatic carbocycles. The van der Waals surface area contributed by atoms with Crippen molar-refractivity contribution in [3.8, 4) is 0 Å². The summed E-state index contributed by atoms with van der Waals surface area (Å²) in [6, 6.07) is 4.93. The molecule has 0 amide bonds. The molecule has 0 N–H and O–H groups in total. The molecule has 1 aromatic rings. The fourth-order valence-electron chi connectivity index (χ4n) is 1.56. The molecule has 0 heterocycles. The van der Waals surface area contributed by atoms with Gasteiger partial charge in [0.05, 0.1) is 18.8 Å². The lowest BCUT2D eigenvalue weighted by Crippen LogP contribution is -2.07. The summed E-state index contributed by atoms with van der Waals surface area (Å²) in [4.78, 5) is 22.8. The van der Waals surface area contributed by atoms with Gasteiger partial charge in [0, 0.05) is 11.4 Å². The van der Waals surface area contributed by atoms with E-state index >= 15 is 0 Å². The number of carbonyl (C=O) groups is 2. The number of ether oxygens (including phenoxy) is 2. The van der Waals surface area contributed by atoms with Gasteiger partial charge in [-0.3, -0.25) is 4.79 Å². The van der Waals surface area contributed by atoms with Crippen LogP contribution < -0.4 is 0 Å². The molecule has 0 radical (unpaired) electrons. The quantitative estimate of drug-likeness (QED) is 0.754. The number of rotatable bonds is 6. The monoisotopic (exact) mass is 284 g/mol. The van der Waals surface area contributed by atoms with Gasteiger partial charge in [-0.05, 0) is 38.0 Å². The summed E-state index contributed by atoms with van der Waals surface area (Å²) in [6.45, 7) is 4.20. The number of esters is 2. The van der Waals surface area contributed by atoms with Gasteiger partial charge in [0.1, 0.15) is 0 Å². The molecule has 0 saturated heterocycles. The van der Waals surface area contributed by atoms with E-state index < -0.39 is 5.97 Å². The van der Waals surface area contributed by atoms with E-state index in [1.165, 1.54) is 0 Å². The third kappa shape index (κ3) is 4.91. The third-order valence-corrected chi connectivity index (χ3v) is 2.82. The maximum atomic E-state index is 11.5. The van der Waals surface area contributed by atoms with Gasteiger partial charge in [0.25, 0.3) is 0 Å². The Bertz CT molecular complexity index is 457. The molecule has 0 aliphatic carbocycles. The Balaban J connectivity index is 2.67. The van der Waals surface area contributed by atoms with Crippen LogP contribution >= 0.6 is 11.6 Å². The van der Waals surface area contributed by atoms with Crippen LogP contribution in [-0.4, -0.2) is 25.2 Å². The molecule has 0 bridgehead atoms. The second kappa shape index (κ2) is 7.79. The van der Waals surface area contributed by atoms with Crippen LogP contribution in [0.15, 0.2) is 18.2 Å². The lowest BCUT2D eigenvalue weighted by molar-refractivity contribution is -0.143. The van der Waals surface area contributed by atoms with Crippen molar-refractivity contribution >= 4 is 23.5 Å². The highest BCUT2D eigenvalue weighted by molar-refractivity contribution is 6.31. The summed E-state index contributed by atoms with van der Waals surface area (Å²) in [6.07, 6.45) is 0.757. The summed E-state index contributed by atoms with van der Waals surface area (Å²) in [5.41, 5.74) is 1.22. The number of hydrogen-bond acceptors (Lipinski definition) is 4. The van der Waals surface area contributed by atoms with Crippen molar-refractivity contribution in [2.45, 2.75) is 26.7 Å². The average Bonchev–Trinajstić information content (AvgIpc) is 2.38. The maximum absolute atomic E-state index is 11.5. The molecule has 0 aromatic heterocycles. The van der Waals surface area contributed by atoms with Crippen LogP contribution in [0.2, 0.25) is 5.02 Å². The van der Waals surface area contributed by atoms with E-state index in [9.17, 15) is 9.59 Å². The number of halogens is 1. The first-order chi connectivity index (χ1) is 9.08. The van der Waals surface area contributed by atoms with Crippen LogP contribution in [-0.2, 0) is 20.7 Å². The number of hydrogen-bond donors (Lipinski definition) is 0. The highest BCUT2D eigenvalue weighted by atomic mass is 35.5. The summed E-state index contributed by atoms with van der Waals surface area (Å²) in [7, 11) is 0. The van der Waals surface area contributed by atoms with Crippen LogP contribution in [0, 0.1) is 0 Å². The molecule has 1 rings (SSSR count). The van der Waals surface area contributed by atoms with Gasteiger partial charge in [-0.25, -0.2) is 4.79 Å². The van der Waals surface area contributed by atoms with E-state index in [2.05, 4.69) is 0 Å². The van der Waals surface area contributed by atoms with E-state index in [0.29, 0.717) is 30.2 Å². The van der Waals surface area contributed by atoms with Crippen LogP contribution in [0.5, 0.6) is 0 Å². The normalized spacial score (nSPS) is 10.1. The SMILES string of the molecule is CCOC(=O)CCc1ccc(C(=O)OCC)cc1Cl. The van der Waals surface area contributed by atoms with Crippen LogP contribution in [0.25, 0.3) is 0 Å². The van der Waals surface area contributed by atoms with E-state index in [0.717, 1.165) is 5.56 Å². The van der Waals surface area contributed by atoms with E-state index in [1.54, 1.807) is 32.0 Å². The third-order valence-electron chi connectivity index (χ3n) is 2.47. The van der Waals surface area contributed by atoms with Crippen molar-refractivity contribution in [3.05, 3.63) is 34.3 Å². The van der Waals surface area contributed by atoms with Crippen molar-refractivity contribution in [2.24, 2.45) is 0 Å². The summed E-state index contributed by atoms with van der Waals surface area (Å²) < 4.78 is 9.72. The number of aryl methyl sites for hydroxylation is 1. The molecule has 0 fully saturated rings. The van der Waals surface area contributed by atoms with Crippen molar-refractivity contribution < 1.29 is 19.1 Å². The maximum Gasteiger partial charge on any atom is 0.338 e. The molecule has 0 atom stereocenters. The van der Waals surface area contributed by atoms with E-state index in [1.807, 2.05) is 0 Å². The van der Waals surface area contributed by atoms with Crippen molar-refractivity contribution in [3.63, 3.8) is 0 Å². The van der Waals surface area contributed by atoms with Gasteiger partial charge in [-0.1, -0.05) is 17.7 Å². The zero-order valence-corrected chi connectivity index (χ0v) is 11.8. The van der Waals surface area contributed by atoms with Gasteiger partial charge in [-0.2, -0.15) is 0 Å². The number of carbonyl (C=O) groups excluding carboxylic acids is 2. The minimum absolute atomic E-state index is 0.256. The molecular weight excluding hydrogens is 268 g/mol. The van der Waals surface area contributed by atoms with E-state index in [-0.39, 0.29) is 12.4 Å². The van der Waals surface area contributed by atoms with E-state index in [4.69, 9.17) is 21.1 Å². The fourth-order valence-corrected chi connectivity index (χ4v) is 1.84. The average molecular weight is 285 g/mol. The highest BCUT2D eigenvalue weighted by Crippen LogP contribution is 2.20. The smallest absolute Gasteiger partial charge is 0.338 e. The molecule has 0 aliphatic heterocycles. The zero-order valence-electron chi connectivity index (χ0n) is 11.1. The first kappa shape index (κ1) is 15.5. The number of benzene rings is 1. The van der Waals surface area contributed by atoms with Crippen LogP contribution in [0.3, 0.4) is 0 Å². The zero-order chi connectivity index (χ0) is 14.3. The predicted molar refractivity (Wildman–Crippen MR) is 72.4 cm³/mol. The second-order valence-corrected chi connectivity index (χ2v) is 4.24. The topological polar surface area (TPSA) is 52.6 Å². The highest BCUT2D eigenvalue weighted by Gasteiger charge is 2.10. The molecule has 4 nitrogen and oxygen atoms in total. The Hall–Kier alpha value is -1.55. The molecule has 104 valence electrons. The Morgan fingerprint density at radius 2 is 1.84 bits per heavy atom. The Morgan fingerprint density at radius 3 is 2.42 bits per heavy atom. The first-order valence-electron chi connectivity index (χ1n) is 6.19. The second-order valence-electron chi connectivity index (χ2n) is 3.83. The van der Waals surface area contributed by atoms with Gasteiger partial charge in [-0.15, -0.1) is 0 Å². The molecule has 5 heteroatoms. The Morgan fingerprint density at radius 1 is 1.16 bits per heavy atom. The Labute approximate surface area is 117 Å². The van der Waals surface area contributed by atoms with Crippen molar-refractivity contribution in [1.29, 1.82) is 0 Å². The standard InChI is InChI=1S/C14H17ClO4/c1-3-18-13(16)8-7-10-5-6-11(9-12(10)15)14(17)19-4-2/h5-6,9H,3-4,7-8H2,1-2H3. The lowest BCUT2D eigenvalue weighted by Gasteiger charge is -2.07. The van der Waals surface area contributed by atoms with Crippen molar-refractivity contribution in [2.75, 3.05) is 13.2 Å². The molecule has 0 aliphatic rings. The van der Waals surface area contributed by atoms with Crippen LogP contribution in [0.4, 0.5) is 0 Å². The minimum atomic E-state index is -0.402. The Kier molecular flexibility index (Phi) is 6.36. The van der Waals surface area contributed by atoms with Gasteiger partial charge in [0.15, 0.2) is 0 Å². The lowest BCUT2D eigenvalue weighted by atomic mass is 10.1. The van der Waals surface area contributed by atoms with Gasteiger partial charge in [0.2, 0.25) is 0 Å². The van der Waals surface area contributed by atoms with Crippen molar-refractivity contribution in [1.82, 2.24) is 0 Å². The largest absolute Gasteiger partial charge is 0.466 e. The molecule has 0 unspecified atom stereocenters. The molecule has 19 heavy (non-hydrogen) atoms. The summed E-state index contributed by atoms with van der Waals surface area (Å²) in [5, 5.41) is 0.454. The molecule has 0 spiro atoms. The minimum Gasteiger partial charge on any atom is -0.466 e.